The van der Waals surface area contributed by atoms with E-state index in [0.29, 0.717) is 45.7 Å². The number of ether oxygens (including phenoxy) is 2. The largest absolute Gasteiger partial charge is 0.473 e. The Labute approximate surface area is 233 Å². The zero-order chi connectivity index (χ0) is 26.8. The maximum Gasteiger partial charge on any atom is 0.214 e. The fourth-order valence-electron chi connectivity index (χ4n) is 4.92. The molecule has 2 aromatic heterocycles. The summed E-state index contributed by atoms with van der Waals surface area (Å²) in [6.45, 7) is 1.52. The Hall–Kier alpha value is -3.62. The van der Waals surface area contributed by atoms with Crippen LogP contribution in [0.25, 0.3) is 22.3 Å². The summed E-state index contributed by atoms with van der Waals surface area (Å²) in [4.78, 5) is 9.33. The summed E-state index contributed by atoms with van der Waals surface area (Å²) >= 11 is 3.25. The number of imidazole rings is 1. The van der Waals surface area contributed by atoms with Crippen molar-refractivity contribution in [3.63, 3.8) is 0 Å². The Morgan fingerprint density at radius 3 is 2.59 bits per heavy atom. The van der Waals surface area contributed by atoms with E-state index in [2.05, 4.69) is 25.5 Å². The van der Waals surface area contributed by atoms with Crippen LogP contribution in [0.15, 0.2) is 83.3 Å². The molecule has 1 aliphatic rings. The second-order valence-electron chi connectivity index (χ2n) is 9.63. The molecule has 1 fully saturated rings. The number of hydrogen-bond donors (Lipinski definition) is 0. The number of halogens is 3. The summed E-state index contributed by atoms with van der Waals surface area (Å²) in [7, 11) is 0. The van der Waals surface area contributed by atoms with Gasteiger partial charge in [-0.05, 0) is 54.8 Å². The number of pyridine rings is 1. The molecule has 5 nitrogen and oxygen atoms in total. The predicted molar refractivity (Wildman–Crippen MR) is 150 cm³/mol. The molecule has 0 N–H and O–H groups in total. The Kier molecular flexibility index (Phi) is 7.39. The van der Waals surface area contributed by atoms with E-state index in [1.807, 2.05) is 30.3 Å². The van der Waals surface area contributed by atoms with Gasteiger partial charge in [0.1, 0.15) is 24.1 Å². The van der Waals surface area contributed by atoms with Crippen molar-refractivity contribution < 1.29 is 18.3 Å². The van der Waals surface area contributed by atoms with Crippen LogP contribution in [0.1, 0.15) is 29.8 Å². The molecule has 0 spiro atoms. The van der Waals surface area contributed by atoms with E-state index in [1.165, 1.54) is 12.1 Å². The third-order valence-electron chi connectivity index (χ3n) is 6.96. The molecule has 1 saturated heterocycles. The molecule has 0 bridgehead atoms. The molecule has 3 aromatic carbocycles. The molecule has 1 aliphatic heterocycles. The Balaban J connectivity index is 1.21. The summed E-state index contributed by atoms with van der Waals surface area (Å²) in [6.07, 6.45) is 2.59. The number of nitrogens with zero attached hydrogens (tertiary/aromatic N) is 3. The first-order valence-corrected chi connectivity index (χ1v) is 13.7. The minimum Gasteiger partial charge on any atom is -0.473 e. The van der Waals surface area contributed by atoms with Crippen LogP contribution in [0.4, 0.5) is 8.78 Å². The average molecular weight is 590 g/mol. The van der Waals surface area contributed by atoms with Crippen LogP contribution >= 0.6 is 15.9 Å². The van der Waals surface area contributed by atoms with Gasteiger partial charge in [0.05, 0.1) is 29.4 Å². The molecule has 5 aromatic rings. The highest BCUT2D eigenvalue weighted by Crippen LogP contribution is 2.27. The smallest absolute Gasteiger partial charge is 0.214 e. The molecule has 0 saturated carbocycles. The third-order valence-corrected chi connectivity index (χ3v) is 7.45. The lowest BCUT2D eigenvalue weighted by Gasteiger charge is -2.15. The monoisotopic (exact) mass is 589 g/mol. The molecule has 198 valence electrons. The lowest BCUT2D eigenvalue weighted by molar-refractivity contribution is 0.0973. The normalized spacial score (nSPS) is 15.2. The number of rotatable bonds is 8. The van der Waals surface area contributed by atoms with Crippen LogP contribution in [0.3, 0.4) is 0 Å². The average Bonchev–Trinajstić information content (AvgIpc) is 3.58. The van der Waals surface area contributed by atoms with Crippen molar-refractivity contribution in [2.75, 3.05) is 6.61 Å². The van der Waals surface area contributed by atoms with Crippen molar-refractivity contribution in [2.24, 2.45) is 0 Å². The summed E-state index contributed by atoms with van der Waals surface area (Å²) in [6, 6.07) is 23.2. The number of aromatic nitrogens is 3. The third kappa shape index (κ3) is 5.72. The standard InChI is InChI=1S/C31H26BrF2N3O2/c32-23-13-12-22(26(34)17-23)19-39-31-9-3-7-27(36-31)21-11-10-20(25(33)15-21)16-30-35-28-6-1-2-8-29(28)37(30)18-24-5-4-14-38-24/h1-3,6-13,15,17,24H,4-5,14,16,18-19H2. The molecule has 39 heavy (non-hydrogen) atoms. The first-order chi connectivity index (χ1) is 19.0. The Morgan fingerprint density at radius 1 is 0.923 bits per heavy atom. The zero-order valence-corrected chi connectivity index (χ0v) is 22.7. The summed E-state index contributed by atoms with van der Waals surface area (Å²) in [5.74, 6) is 0.463. The first-order valence-electron chi connectivity index (χ1n) is 12.9. The first kappa shape index (κ1) is 25.6. The quantitative estimate of drug-likeness (QED) is 0.188. The second-order valence-corrected chi connectivity index (χ2v) is 10.5. The van der Waals surface area contributed by atoms with E-state index in [4.69, 9.17) is 14.5 Å². The van der Waals surface area contributed by atoms with Crippen LogP contribution in [-0.4, -0.2) is 27.2 Å². The molecule has 3 heterocycles. The van der Waals surface area contributed by atoms with Gasteiger partial charge in [-0.2, -0.15) is 0 Å². The van der Waals surface area contributed by atoms with E-state index in [1.54, 1.807) is 36.4 Å². The van der Waals surface area contributed by atoms with Gasteiger partial charge in [0.15, 0.2) is 0 Å². The Bertz CT molecular complexity index is 1630. The highest BCUT2D eigenvalue weighted by atomic mass is 79.9. The maximum absolute atomic E-state index is 15.4. The molecule has 1 atom stereocenters. The van der Waals surface area contributed by atoms with Gasteiger partial charge in [-0.1, -0.05) is 52.3 Å². The number of fused-ring (bicyclic) bond motifs is 1. The van der Waals surface area contributed by atoms with E-state index >= 15 is 4.39 Å². The lowest BCUT2D eigenvalue weighted by atomic mass is 10.1. The van der Waals surface area contributed by atoms with E-state index in [9.17, 15) is 4.39 Å². The van der Waals surface area contributed by atoms with Crippen molar-refractivity contribution >= 4 is 27.0 Å². The minimum atomic E-state index is -0.359. The second kappa shape index (κ2) is 11.2. The maximum atomic E-state index is 15.4. The van der Waals surface area contributed by atoms with Gasteiger partial charge in [-0.3, -0.25) is 0 Å². The predicted octanol–water partition coefficient (Wildman–Crippen LogP) is 7.49. The topological polar surface area (TPSA) is 49.2 Å². The fraction of sp³-hybridized carbons (Fsp3) is 0.226. The van der Waals surface area contributed by atoms with Crippen LogP contribution in [-0.2, 0) is 24.3 Å². The fourth-order valence-corrected chi connectivity index (χ4v) is 5.26. The molecule has 1 unspecified atom stereocenters. The van der Waals surface area contributed by atoms with Crippen molar-refractivity contribution in [3.05, 3.63) is 112 Å². The van der Waals surface area contributed by atoms with Crippen LogP contribution in [0, 0.1) is 11.6 Å². The highest BCUT2D eigenvalue weighted by Gasteiger charge is 2.20. The van der Waals surface area contributed by atoms with Crippen molar-refractivity contribution in [2.45, 2.75) is 38.5 Å². The summed E-state index contributed by atoms with van der Waals surface area (Å²) < 4.78 is 43.9. The van der Waals surface area contributed by atoms with Crippen LogP contribution in [0.2, 0.25) is 0 Å². The summed E-state index contributed by atoms with van der Waals surface area (Å²) in [5, 5.41) is 0. The molecule has 0 aliphatic carbocycles. The van der Waals surface area contributed by atoms with Gasteiger partial charge >= 0.3 is 0 Å². The van der Waals surface area contributed by atoms with E-state index in [-0.39, 0.29) is 24.3 Å². The molecular weight excluding hydrogens is 564 g/mol. The number of para-hydroxylation sites is 2. The van der Waals surface area contributed by atoms with Crippen LogP contribution in [0.5, 0.6) is 5.88 Å². The zero-order valence-electron chi connectivity index (χ0n) is 21.1. The van der Waals surface area contributed by atoms with Crippen molar-refractivity contribution in [1.82, 2.24) is 14.5 Å². The number of hydrogen-bond acceptors (Lipinski definition) is 4. The van der Waals surface area contributed by atoms with Crippen molar-refractivity contribution in [3.8, 4) is 17.1 Å². The van der Waals surface area contributed by atoms with Gasteiger partial charge in [0.2, 0.25) is 5.88 Å². The van der Waals surface area contributed by atoms with E-state index < -0.39 is 0 Å². The van der Waals surface area contributed by atoms with E-state index in [0.717, 1.165) is 36.3 Å². The molecule has 8 heteroatoms. The summed E-state index contributed by atoms with van der Waals surface area (Å²) in [5.41, 5.74) is 4.10. The SMILES string of the molecule is Fc1cc(Br)ccc1COc1cccc(-c2ccc(Cc3nc4ccccc4n3CC3CCCO3)c(F)c2)n1. The Morgan fingerprint density at radius 2 is 1.77 bits per heavy atom. The molecular formula is C31H26BrF2N3O2. The molecule has 6 rings (SSSR count). The molecule has 0 radical (unpaired) electrons. The highest BCUT2D eigenvalue weighted by molar-refractivity contribution is 9.10. The van der Waals surface area contributed by atoms with Gasteiger partial charge in [-0.15, -0.1) is 0 Å². The van der Waals surface area contributed by atoms with Crippen molar-refractivity contribution in [1.29, 1.82) is 0 Å². The van der Waals surface area contributed by atoms with Gasteiger partial charge in [-0.25, -0.2) is 18.7 Å². The minimum absolute atomic E-state index is 0.0375. The molecule has 0 amide bonds. The van der Waals surface area contributed by atoms with Gasteiger partial charge < -0.3 is 14.0 Å². The number of benzene rings is 3. The lowest BCUT2D eigenvalue weighted by Crippen LogP contribution is -2.17. The van der Waals surface area contributed by atoms with Gasteiger partial charge in [0.25, 0.3) is 0 Å². The van der Waals surface area contributed by atoms with Gasteiger partial charge in [0, 0.05) is 34.7 Å². The van der Waals surface area contributed by atoms with Crippen LogP contribution < -0.4 is 4.74 Å².